The van der Waals surface area contributed by atoms with Crippen molar-refractivity contribution in [3.8, 4) is 0 Å². The highest BCUT2D eigenvalue weighted by atomic mass is 16.5. The fourth-order valence-electron chi connectivity index (χ4n) is 0.901. The molecule has 1 aliphatic heterocycles. The highest BCUT2D eigenvalue weighted by molar-refractivity contribution is 5.33. The van der Waals surface area contributed by atoms with Crippen molar-refractivity contribution >= 4 is 6.08 Å². The van der Waals surface area contributed by atoms with Crippen LogP contribution in [0, 0.1) is 0 Å². The van der Waals surface area contributed by atoms with Crippen molar-refractivity contribution in [3.05, 3.63) is 0 Å². The van der Waals surface area contributed by atoms with E-state index < -0.39 is 0 Å². The van der Waals surface area contributed by atoms with E-state index in [1.807, 2.05) is 0 Å². The van der Waals surface area contributed by atoms with Gasteiger partial charge in [-0.25, -0.2) is 9.79 Å². The third kappa shape index (κ3) is 1.24. The lowest BCUT2D eigenvalue weighted by Crippen LogP contribution is -2.62. The summed E-state index contributed by atoms with van der Waals surface area (Å²) in [5, 5.41) is 3.05. The Kier molecular flexibility index (Phi) is 2.17. The van der Waals surface area contributed by atoms with Gasteiger partial charge in [-0.05, 0) is 0 Å². The molecule has 1 rings (SSSR count). The first-order valence-electron chi connectivity index (χ1n) is 3.12. The van der Waals surface area contributed by atoms with Crippen LogP contribution in [0.2, 0.25) is 0 Å². The van der Waals surface area contributed by atoms with Crippen LogP contribution >= 0.6 is 0 Å². The van der Waals surface area contributed by atoms with E-state index >= 15 is 0 Å². The van der Waals surface area contributed by atoms with Crippen LogP contribution in [0.5, 0.6) is 0 Å². The normalized spacial score (nSPS) is 20.9. The first kappa shape index (κ1) is 7.41. The number of aliphatic imine (C=N–C) groups is 1. The number of hydrogen-bond acceptors (Lipinski definition) is 4. The van der Waals surface area contributed by atoms with E-state index in [1.165, 1.54) is 6.08 Å². The van der Waals surface area contributed by atoms with Crippen LogP contribution in [0.25, 0.3) is 0 Å². The van der Waals surface area contributed by atoms with E-state index in [0.29, 0.717) is 6.54 Å². The monoisotopic (exact) mass is 142 g/mol. The molecule has 0 aromatic heterocycles. The molecule has 0 atom stereocenters. The van der Waals surface area contributed by atoms with Gasteiger partial charge in [0.15, 0.2) is 0 Å². The molecule has 1 aliphatic rings. The third-order valence-electron chi connectivity index (χ3n) is 1.76. The van der Waals surface area contributed by atoms with E-state index in [0.717, 1.165) is 13.1 Å². The Morgan fingerprint density at radius 1 is 1.80 bits per heavy atom. The van der Waals surface area contributed by atoms with Crippen molar-refractivity contribution in [2.75, 3.05) is 26.7 Å². The Bertz CT molecular complexity index is 154. The fourth-order valence-corrected chi connectivity index (χ4v) is 0.901. The topological polar surface area (TPSA) is 50.7 Å². The van der Waals surface area contributed by atoms with Crippen molar-refractivity contribution < 1.29 is 9.53 Å². The number of hydrogen-bond donors (Lipinski definition) is 1. The van der Waals surface area contributed by atoms with Crippen molar-refractivity contribution in [2.24, 2.45) is 4.99 Å². The molecule has 0 unspecified atom stereocenters. The van der Waals surface area contributed by atoms with Gasteiger partial charge < -0.3 is 10.1 Å². The largest absolute Gasteiger partial charge is 0.374 e. The van der Waals surface area contributed by atoms with Gasteiger partial charge in [0.2, 0.25) is 6.08 Å². The molecule has 0 bridgehead atoms. The number of ether oxygens (including phenoxy) is 1. The first-order valence-corrected chi connectivity index (χ1v) is 3.12. The number of methoxy groups -OCH3 is 1. The van der Waals surface area contributed by atoms with Gasteiger partial charge in [-0.3, -0.25) is 0 Å². The van der Waals surface area contributed by atoms with E-state index in [2.05, 4.69) is 10.3 Å². The molecule has 1 heterocycles. The lowest BCUT2D eigenvalue weighted by Gasteiger charge is -2.39. The van der Waals surface area contributed by atoms with Crippen molar-refractivity contribution in [1.82, 2.24) is 5.32 Å². The average Bonchev–Trinajstić information content (AvgIpc) is 1.87. The zero-order valence-electron chi connectivity index (χ0n) is 5.89. The van der Waals surface area contributed by atoms with Crippen LogP contribution < -0.4 is 5.32 Å². The number of rotatable bonds is 3. The van der Waals surface area contributed by atoms with E-state index in [1.54, 1.807) is 7.11 Å². The molecule has 4 nitrogen and oxygen atoms in total. The summed E-state index contributed by atoms with van der Waals surface area (Å²) in [4.78, 5) is 13.2. The zero-order chi connectivity index (χ0) is 7.45. The van der Waals surface area contributed by atoms with E-state index in [4.69, 9.17) is 4.74 Å². The Labute approximate surface area is 59.3 Å². The Morgan fingerprint density at radius 2 is 2.50 bits per heavy atom. The first-order chi connectivity index (χ1) is 4.83. The lowest BCUT2D eigenvalue weighted by molar-refractivity contribution is -0.0424. The zero-order valence-corrected chi connectivity index (χ0v) is 5.89. The standard InChI is InChI=1S/C6H10N2O2/c1-10-6(2-7-3-6)4-8-5-9/h7H,2-4H2,1H3. The van der Waals surface area contributed by atoms with Crippen molar-refractivity contribution in [3.63, 3.8) is 0 Å². The van der Waals surface area contributed by atoms with Gasteiger partial charge in [0.25, 0.3) is 0 Å². The number of nitrogens with one attached hydrogen (secondary N) is 1. The molecule has 0 aromatic carbocycles. The molecule has 1 N–H and O–H groups in total. The molecule has 4 heteroatoms. The number of carbonyl (C=O) groups excluding carboxylic acids is 1. The maximum absolute atomic E-state index is 9.74. The molecule has 56 valence electrons. The second-order valence-electron chi connectivity index (χ2n) is 2.40. The highest BCUT2D eigenvalue weighted by Crippen LogP contribution is 2.14. The second-order valence-corrected chi connectivity index (χ2v) is 2.40. The molecule has 1 fully saturated rings. The molecule has 1 saturated heterocycles. The van der Waals surface area contributed by atoms with Crippen LogP contribution in [0.3, 0.4) is 0 Å². The third-order valence-corrected chi connectivity index (χ3v) is 1.76. The van der Waals surface area contributed by atoms with Gasteiger partial charge >= 0.3 is 0 Å². The summed E-state index contributed by atoms with van der Waals surface area (Å²) < 4.78 is 5.14. The molecular formula is C6H10N2O2. The summed E-state index contributed by atoms with van der Waals surface area (Å²) in [5.74, 6) is 0. The molecule has 0 aromatic rings. The molecular weight excluding hydrogens is 132 g/mol. The summed E-state index contributed by atoms with van der Waals surface area (Å²) in [6.45, 7) is 1.96. The van der Waals surface area contributed by atoms with Gasteiger partial charge in [0.05, 0.1) is 6.54 Å². The maximum Gasteiger partial charge on any atom is 0.235 e. The Balaban J connectivity index is 2.40. The Hall–Kier alpha value is -0.700. The van der Waals surface area contributed by atoms with Crippen LogP contribution in [0.15, 0.2) is 4.99 Å². The van der Waals surface area contributed by atoms with Gasteiger partial charge in [-0.2, -0.15) is 0 Å². The predicted molar refractivity (Wildman–Crippen MR) is 35.6 cm³/mol. The minimum atomic E-state index is -0.225. The summed E-state index contributed by atoms with van der Waals surface area (Å²) >= 11 is 0. The number of nitrogens with zero attached hydrogens (tertiary/aromatic N) is 1. The molecule has 0 radical (unpaired) electrons. The minimum Gasteiger partial charge on any atom is -0.374 e. The van der Waals surface area contributed by atoms with E-state index in [-0.39, 0.29) is 5.60 Å². The van der Waals surface area contributed by atoms with Crippen LogP contribution in [0.1, 0.15) is 0 Å². The summed E-state index contributed by atoms with van der Waals surface area (Å²) in [5.41, 5.74) is -0.225. The molecule has 0 spiro atoms. The predicted octanol–water partition coefficient (Wildman–Crippen LogP) is -0.689. The smallest absolute Gasteiger partial charge is 0.235 e. The van der Waals surface area contributed by atoms with E-state index in [9.17, 15) is 4.79 Å². The van der Waals surface area contributed by atoms with Crippen LogP contribution in [-0.2, 0) is 9.53 Å². The van der Waals surface area contributed by atoms with Crippen LogP contribution in [-0.4, -0.2) is 38.4 Å². The molecule has 10 heavy (non-hydrogen) atoms. The van der Waals surface area contributed by atoms with Crippen LogP contribution in [0.4, 0.5) is 0 Å². The fraction of sp³-hybridized carbons (Fsp3) is 0.833. The molecule has 0 saturated carbocycles. The Morgan fingerprint density at radius 3 is 2.80 bits per heavy atom. The molecule has 0 aliphatic carbocycles. The summed E-state index contributed by atoms with van der Waals surface area (Å²) in [6.07, 6.45) is 1.49. The quantitative estimate of drug-likeness (QED) is 0.419. The van der Waals surface area contributed by atoms with Gasteiger partial charge in [-0.1, -0.05) is 0 Å². The highest BCUT2D eigenvalue weighted by Gasteiger charge is 2.36. The average molecular weight is 142 g/mol. The van der Waals surface area contributed by atoms with Gasteiger partial charge in [-0.15, -0.1) is 0 Å². The lowest BCUT2D eigenvalue weighted by atomic mass is 9.97. The SMILES string of the molecule is COC1(CN=C=O)CNC1. The molecule has 0 amide bonds. The maximum atomic E-state index is 9.74. The number of isocyanates is 1. The van der Waals surface area contributed by atoms with Gasteiger partial charge in [0, 0.05) is 20.2 Å². The summed E-state index contributed by atoms with van der Waals surface area (Å²) in [6, 6.07) is 0. The summed E-state index contributed by atoms with van der Waals surface area (Å²) in [7, 11) is 1.63. The van der Waals surface area contributed by atoms with Crippen molar-refractivity contribution in [1.29, 1.82) is 0 Å². The van der Waals surface area contributed by atoms with Gasteiger partial charge in [0.1, 0.15) is 5.60 Å². The minimum absolute atomic E-state index is 0.225. The second kappa shape index (κ2) is 2.92. The van der Waals surface area contributed by atoms with Crippen molar-refractivity contribution in [2.45, 2.75) is 5.60 Å².